The van der Waals surface area contributed by atoms with Gasteiger partial charge in [0.2, 0.25) is 5.92 Å². The molecule has 0 bridgehead atoms. The lowest BCUT2D eigenvalue weighted by molar-refractivity contribution is -0.198. The van der Waals surface area contributed by atoms with Crippen LogP contribution in [0.4, 0.5) is 8.78 Å². The number of benzene rings is 2. The number of alkyl halides is 2. The van der Waals surface area contributed by atoms with Gasteiger partial charge in [-0.3, -0.25) is 4.90 Å². The van der Waals surface area contributed by atoms with Gasteiger partial charge >= 0.3 is 5.97 Å². The zero-order valence-electron chi connectivity index (χ0n) is 20.3. The topological polar surface area (TPSA) is 56.3 Å². The molecule has 4 nitrogen and oxygen atoms in total. The van der Waals surface area contributed by atoms with E-state index in [1.807, 2.05) is 18.3 Å². The molecule has 2 aromatic carbocycles. The smallest absolute Gasteiger partial charge is 0.335 e. The van der Waals surface area contributed by atoms with E-state index in [0.717, 1.165) is 25.1 Å². The van der Waals surface area contributed by atoms with Crippen molar-refractivity contribution in [2.24, 2.45) is 5.41 Å². The number of hydrogen-bond donors (Lipinski definition) is 2. The summed E-state index contributed by atoms with van der Waals surface area (Å²) in [5.41, 5.74) is 5.64. The van der Waals surface area contributed by atoms with Gasteiger partial charge < -0.3 is 10.1 Å². The van der Waals surface area contributed by atoms with Gasteiger partial charge in [0.15, 0.2) is 0 Å². The SMILES string of the molecule is Cc1cc(C2CC2)c(CN2CCC3(CC(F)(F)C3)C[C@@]2(C)c2ccc(C(=O)O)cc2)c2cc[nH]c12. The number of nitrogens with one attached hydrogen (secondary N) is 1. The van der Waals surface area contributed by atoms with E-state index in [9.17, 15) is 18.7 Å². The summed E-state index contributed by atoms with van der Waals surface area (Å²) in [4.78, 5) is 17.3. The minimum Gasteiger partial charge on any atom is -0.478 e. The Labute approximate surface area is 204 Å². The third-order valence-corrected chi connectivity index (χ3v) is 8.90. The van der Waals surface area contributed by atoms with Crippen LogP contribution in [0.5, 0.6) is 0 Å². The van der Waals surface area contributed by atoms with Crippen molar-refractivity contribution in [2.75, 3.05) is 6.54 Å². The van der Waals surface area contributed by atoms with Gasteiger partial charge in [0, 0.05) is 42.0 Å². The summed E-state index contributed by atoms with van der Waals surface area (Å²) >= 11 is 0. The first-order valence-corrected chi connectivity index (χ1v) is 12.7. The van der Waals surface area contributed by atoms with Crippen LogP contribution in [-0.4, -0.2) is 33.4 Å². The standard InChI is InChI=1S/C29H32F2N2O2/c1-18-13-23(19-3-4-19)24(22-9-11-32-25(18)22)14-33-12-10-28(16-29(30,31)17-28)15-27(33,2)21-7-5-20(6-8-21)26(34)35/h5-9,11,13,19,32H,3-4,10,12,14-17H2,1-2H3,(H,34,35)/t27-/m0/s1. The summed E-state index contributed by atoms with van der Waals surface area (Å²) in [7, 11) is 0. The predicted octanol–water partition coefficient (Wildman–Crippen LogP) is 6.98. The summed E-state index contributed by atoms with van der Waals surface area (Å²) < 4.78 is 28.1. The number of aromatic amines is 1. The number of carbonyl (C=O) groups is 1. The Bertz CT molecular complexity index is 1300. The second-order valence-electron chi connectivity index (χ2n) is 11.5. The maximum absolute atomic E-state index is 14.1. The molecule has 2 saturated carbocycles. The lowest BCUT2D eigenvalue weighted by Gasteiger charge is -2.59. The number of likely N-dealkylation sites (tertiary alicyclic amines) is 1. The zero-order valence-corrected chi connectivity index (χ0v) is 20.3. The molecule has 35 heavy (non-hydrogen) atoms. The highest BCUT2D eigenvalue weighted by Crippen LogP contribution is 2.62. The normalized spacial score (nSPS) is 25.6. The van der Waals surface area contributed by atoms with E-state index < -0.39 is 17.4 Å². The first kappa shape index (κ1) is 22.7. The number of aromatic nitrogens is 1. The van der Waals surface area contributed by atoms with Gasteiger partial charge in [0.25, 0.3) is 0 Å². The van der Waals surface area contributed by atoms with Crippen molar-refractivity contribution in [2.45, 2.75) is 76.3 Å². The van der Waals surface area contributed by atoms with Crippen LogP contribution in [0.15, 0.2) is 42.6 Å². The Kier molecular flexibility index (Phi) is 4.95. The Morgan fingerprint density at radius 1 is 1.14 bits per heavy atom. The number of H-pyrrole nitrogens is 1. The van der Waals surface area contributed by atoms with Gasteiger partial charge in [-0.15, -0.1) is 0 Å². The summed E-state index contributed by atoms with van der Waals surface area (Å²) in [5.74, 6) is -2.92. The molecule has 0 radical (unpaired) electrons. The summed E-state index contributed by atoms with van der Waals surface area (Å²) in [5, 5.41) is 10.6. The van der Waals surface area contributed by atoms with Gasteiger partial charge in [0.05, 0.1) is 5.56 Å². The highest BCUT2D eigenvalue weighted by atomic mass is 19.3. The van der Waals surface area contributed by atoms with Crippen LogP contribution in [0.3, 0.4) is 0 Å². The number of fused-ring (bicyclic) bond motifs is 1. The molecule has 2 aliphatic carbocycles. The number of aromatic carboxylic acids is 1. The number of nitrogens with zero attached hydrogens (tertiary/aromatic N) is 1. The van der Waals surface area contributed by atoms with Gasteiger partial charge in [0.1, 0.15) is 0 Å². The fourth-order valence-electron chi connectivity index (χ4n) is 7.03. The molecular formula is C29H32F2N2O2. The third-order valence-electron chi connectivity index (χ3n) is 8.90. The molecule has 184 valence electrons. The van der Waals surface area contributed by atoms with Crippen LogP contribution in [0, 0.1) is 12.3 Å². The molecule has 2 heterocycles. The average Bonchev–Trinajstić information content (AvgIpc) is 3.51. The molecule has 2 N–H and O–H groups in total. The Hall–Kier alpha value is -2.73. The Balaban J connectivity index is 1.41. The van der Waals surface area contributed by atoms with Crippen molar-refractivity contribution in [3.05, 3.63) is 70.4 Å². The number of rotatable bonds is 5. The molecule has 3 fully saturated rings. The predicted molar refractivity (Wildman–Crippen MR) is 132 cm³/mol. The van der Waals surface area contributed by atoms with E-state index in [2.05, 4.69) is 35.9 Å². The van der Waals surface area contributed by atoms with E-state index in [4.69, 9.17) is 0 Å². The molecule has 6 heteroatoms. The molecule has 1 spiro atoms. The van der Waals surface area contributed by atoms with E-state index in [-0.39, 0.29) is 23.8 Å². The van der Waals surface area contributed by atoms with Crippen molar-refractivity contribution < 1.29 is 18.7 Å². The number of hydrogen-bond acceptors (Lipinski definition) is 2. The summed E-state index contributed by atoms with van der Waals surface area (Å²) in [6.45, 7) is 5.82. The quantitative estimate of drug-likeness (QED) is 0.416. The third kappa shape index (κ3) is 3.77. The Morgan fingerprint density at radius 3 is 2.49 bits per heavy atom. The van der Waals surface area contributed by atoms with Crippen LogP contribution in [-0.2, 0) is 12.1 Å². The fourth-order valence-corrected chi connectivity index (χ4v) is 7.03. The van der Waals surface area contributed by atoms with E-state index in [0.29, 0.717) is 12.3 Å². The maximum atomic E-state index is 14.1. The van der Waals surface area contributed by atoms with Crippen molar-refractivity contribution >= 4 is 16.9 Å². The number of aryl methyl sites for hydroxylation is 1. The molecule has 0 amide bonds. The summed E-state index contributed by atoms with van der Waals surface area (Å²) in [6, 6.07) is 11.6. The van der Waals surface area contributed by atoms with Gasteiger partial charge in [-0.25, -0.2) is 13.6 Å². The molecule has 3 aromatic rings. The van der Waals surface area contributed by atoms with E-state index in [1.54, 1.807) is 12.1 Å². The highest BCUT2D eigenvalue weighted by Gasteiger charge is 2.60. The van der Waals surface area contributed by atoms with Crippen LogP contribution in [0.1, 0.15) is 84.0 Å². The largest absolute Gasteiger partial charge is 0.478 e. The average molecular weight is 479 g/mol. The lowest BCUT2D eigenvalue weighted by atomic mass is 9.56. The first-order chi connectivity index (χ1) is 16.6. The molecule has 1 atom stereocenters. The number of piperidine rings is 1. The molecule has 0 unspecified atom stereocenters. The molecule has 6 rings (SSSR count). The first-order valence-electron chi connectivity index (χ1n) is 12.7. The van der Waals surface area contributed by atoms with Crippen molar-refractivity contribution in [3.8, 4) is 0 Å². The number of carboxylic acid groups (broad SMARTS) is 1. The van der Waals surface area contributed by atoms with Gasteiger partial charge in [-0.1, -0.05) is 18.2 Å². The van der Waals surface area contributed by atoms with Crippen LogP contribution >= 0.6 is 0 Å². The second-order valence-corrected chi connectivity index (χ2v) is 11.5. The van der Waals surface area contributed by atoms with Crippen molar-refractivity contribution in [3.63, 3.8) is 0 Å². The fraction of sp³-hybridized carbons (Fsp3) is 0.483. The van der Waals surface area contributed by atoms with E-state index >= 15 is 0 Å². The highest BCUT2D eigenvalue weighted by molar-refractivity contribution is 5.88. The summed E-state index contributed by atoms with van der Waals surface area (Å²) in [6.07, 6.45) is 5.77. The van der Waals surface area contributed by atoms with Gasteiger partial charge in [-0.05, 0) is 97.9 Å². The number of carboxylic acids is 1. The minimum atomic E-state index is -2.57. The minimum absolute atomic E-state index is 0.0451. The van der Waals surface area contributed by atoms with E-state index in [1.165, 1.54) is 40.4 Å². The maximum Gasteiger partial charge on any atom is 0.335 e. The molecule has 3 aliphatic rings. The van der Waals surface area contributed by atoms with Crippen molar-refractivity contribution in [1.29, 1.82) is 0 Å². The van der Waals surface area contributed by atoms with Crippen molar-refractivity contribution in [1.82, 2.24) is 9.88 Å². The molecule has 1 aromatic heterocycles. The lowest BCUT2D eigenvalue weighted by Crippen LogP contribution is -2.59. The number of halogens is 2. The Morgan fingerprint density at radius 2 is 1.86 bits per heavy atom. The van der Waals surface area contributed by atoms with Crippen LogP contribution in [0.25, 0.3) is 10.9 Å². The zero-order chi connectivity index (χ0) is 24.6. The molecule has 1 saturated heterocycles. The molecule has 1 aliphatic heterocycles. The monoisotopic (exact) mass is 478 g/mol. The van der Waals surface area contributed by atoms with Gasteiger partial charge in [-0.2, -0.15) is 0 Å². The van der Waals surface area contributed by atoms with Crippen LogP contribution < -0.4 is 0 Å². The van der Waals surface area contributed by atoms with Crippen LogP contribution in [0.2, 0.25) is 0 Å². The molecular weight excluding hydrogens is 446 g/mol. The second kappa shape index (κ2) is 7.63.